The van der Waals surface area contributed by atoms with Gasteiger partial charge in [-0.25, -0.2) is 17.2 Å². The predicted octanol–water partition coefficient (Wildman–Crippen LogP) is 2.56. The molecule has 0 aliphatic carbocycles. The minimum absolute atomic E-state index is 0.0758. The van der Waals surface area contributed by atoms with E-state index in [-0.39, 0.29) is 10.6 Å². The summed E-state index contributed by atoms with van der Waals surface area (Å²) >= 11 is 0. The van der Waals surface area contributed by atoms with Crippen LogP contribution in [0.1, 0.15) is 13.3 Å². The van der Waals surface area contributed by atoms with Gasteiger partial charge in [0.2, 0.25) is 15.7 Å². The Morgan fingerprint density at radius 1 is 1.07 bits per heavy atom. The highest BCUT2D eigenvalue weighted by Gasteiger charge is 2.24. The van der Waals surface area contributed by atoms with Gasteiger partial charge >= 0.3 is 0 Å². The number of nitrogens with zero attached hydrogens (tertiary/aromatic N) is 1. The SMILES string of the molecule is CC(=O)Nc1cc(N2CCCNCC2)ccc1S(=O)(=O)c1cc(F)cc(F)c1. The highest BCUT2D eigenvalue weighted by Crippen LogP contribution is 2.32. The van der Waals surface area contributed by atoms with E-state index in [0.717, 1.165) is 50.4 Å². The number of halogens is 2. The van der Waals surface area contributed by atoms with Gasteiger partial charge in [-0.2, -0.15) is 0 Å². The lowest BCUT2D eigenvalue weighted by Crippen LogP contribution is -2.28. The predicted molar refractivity (Wildman–Crippen MR) is 102 cm³/mol. The van der Waals surface area contributed by atoms with Crippen LogP contribution in [0, 0.1) is 11.6 Å². The zero-order valence-corrected chi connectivity index (χ0v) is 16.2. The standard InChI is InChI=1S/C19H21F2N3O3S/c1-13(25)23-18-12-16(24-7-2-5-22-6-8-24)3-4-19(18)28(26,27)17-10-14(20)9-15(21)11-17/h3-4,9-12,22H,2,5-8H2,1H3,(H,23,25). The van der Waals surface area contributed by atoms with Crippen molar-refractivity contribution in [3.63, 3.8) is 0 Å². The first-order valence-electron chi connectivity index (χ1n) is 8.86. The lowest BCUT2D eigenvalue weighted by Gasteiger charge is -2.24. The molecule has 0 atom stereocenters. The molecule has 150 valence electrons. The largest absolute Gasteiger partial charge is 0.370 e. The third-order valence-electron chi connectivity index (χ3n) is 4.41. The van der Waals surface area contributed by atoms with Crippen molar-refractivity contribution in [3.05, 3.63) is 48.0 Å². The summed E-state index contributed by atoms with van der Waals surface area (Å²) in [6, 6.07) is 6.68. The average Bonchev–Trinajstić information content (AvgIpc) is 2.89. The van der Waals surface area contributed by atoms with Gasteiger partial charge in [0.25, 0.3) is 0 Å². The minimum Gasteiger partial charge on any atom is -0.370 e. The molecule has 1 aliphatic rings. The smallest absolute Gasteiger partial charge is 0.221 e. The number of rotatable bonds is 4. The van der Waals surface area contributed by atoms with Crippen LogP contribution >= 0.6 is 0 Å². The van der Waals surface area contributed by atoms with Crippen molar-refractivity contribution < 1.29 is 22.0 Å². The molecule has 1 saturated heterocycles. The zero-order valence-electron chi connectivity index (χ0n) is 15.3. The Bertz CT molecular complexity index is 968. The van der Waals surface area contributed by atoms with E-state index in [4.69, 9.17) is 0 Å². The van der Waals surface area contributed by atoms with Gasteiger partial charge in [-0.3, -0.25) is 4.79 Å². The minimum atomic E-state index is -4.24. The summed E-state index contributed by atoms with van der Waals surface area (Å²) in [5.74, 6) is -2.43. The number of anilines is 2. The second kappa shape index (κ2) is 8.24. The van der Waals surface area contributed by atoms with Crippen LogP contribution in [-0.4, -0.2) is 40.5 Å². The van der Waals surface area contributed by atoms with Crippen molar-refractivity contribution in [3.8, 4) is 0 Å². The molecule has 2 N–H and O–H groups in total. The van der Waals surface area contributed by atoms with E-state index in [1.54, 1.807) is 12.1 Å². The van der Waals surface area contributed by atoms with Gasteiger partial charge < -0.3 is 15.5 Å². The molecule has 0 unspecified atom stereocenters. The molecule has 1 heterocycles. The van der Waals surface area contributed by atoms with E-state index >= 15 is 0 Å². The summed E-state index contributed by atoms with van der Waals surface area (Å²) in [5, 5.41) is 5.81. The van der Waals surface area contributed by atoms with Crippen LogP contribution in [0.3, 0.4) is 0 Å². The molecule has 1 fully saturated rings. The maximum atomic E-state index is 13.5. The summed E-state index contributed by atoms with van der Waals surface area (Å²) in [4.78, 5) is 13.0. The van der Waals surface area contributed by atoms with Gasteiger partial charge in [-0.05, 0) is 43.3 Å². The summed E-state index contributed by atoms with van der Waals surface area (Å²) in [5.41, 5.74) is 0.837. The molecule has 6 nitrogen and oxygen atoms in total. The van der Waals surface area contributed by atoms with E-state index in [9.17, 15) is 22.0 Å². The topological polar surface area (TPSA) is 78.5 Å². The third-order valence-corrected chi connectivity index (χ3v) is 6.21. The molecule has 0 saturated carbocycles. The van der Waals surface area contributed by atoms with Crippen LogP contribution in [0.2, 0.25) is 0 Å². The first-order valence-corrected chi connectivity index (χ1v) is 10.3. The molecule has 28 heavy (non-hydrogen) atoms. The molecule has 0 bridgehead atoms. The molecular weight excluding hydrogens is 388 g/mol. The van der Waals surface area contributed by atoms with E-state index in [1.807, 2.05) is 0 Å². The molecule has 2 aromatic rings. The Kier molecular flexibility index (Phi) is 5.95. The number of carbonyl (C=O) groups is 1. The highest BCUT2D eigenvalue weighted by atomic mass is 32.2. The van der Waals surface area contributed by atoms with Crippen molar-refractivity contribution in [2.45, 2.75) is 23.1 Å². The van der Waals surface area contributed by atoms with Gasteiger partial charge in [0.05, 0.1) is 15.5 Å². The van der Waals surface area contributed by atoms with Crippen LogP contribution < -0.4 is 15.5 Å². The van der Waals surface area contributed by atoms with Crippen molar-refractivity contribution in [2.24, 2.45) is 0 Å². The van der Waals surface area contributed by atoms with Crippen LogP contribution in [0.15, 0.2) is 46.2 Å². The van der Waals surface area contributed by atoms with Crippen molar-refractivity contribution >= 4 is 27.1 Å². The van der Waals surface area contributed by atoms with Crippen LogP contribution in [0.4, 0.5) is 20.2 Å². The Labute approximate surface area is 162 Å². The maximum absolute atomic E-state index is 13.5. The number of amides is 1. The van der Waals surface area contributed by atoms with Crippen molar-refractivity contribution in [2.75, 3.05) is 36.4 Å². The van der Waals surface area contributed by atoms with E-state index in [0.29, 0.717) is 6.07 Å². The van der Waals surface area contributed by atoms with Gasteiger partial charge in [-0.15, -0.1) is 0 Å². The van der Waals surface area contributed by atoms with Crippen molar-refractivity contribution in [1.29, 1.82) is 0 Å². The van der Waals surface area contributed by atoms with E-state index in [1.165, 1.54) is 13.0 Å². The van der Waals surface area contributed by atoms with Gasteiger partial charge in [0.1, 0.15) is 11.6 Å². The lowest BCUT2D eigenvalue weighted by molar-refractivity contribution is -0.114. The van der Waals surface area contributed by atoms with E-state index < -0.39 is 32.3 Å². The average molecular weight is 409 g/mol. The second-order valence-electron chi connectivity index (χ2n) is 6.56. The van der Waals surface area contributed by atoms with E-state index in [2.05, 4.69) is 15.5 Å². The number of benzene rings is 2. The van der Waals surface area contributed by atoms with Crippen LogP contribution in [0.25, 0.3) is 0 Å². The first-order chi connectivity index (χ1) is 13.3. The first kappa shape index (κ1) is 20.2. The molecule has 2 aromatic carbocycles. The van der Waals surface area contributed by atoms with Gasteiger partial charge in [-0.1, -0.05) is 0 Å². The normalized spacial score (nSPS) is 15.2. The molecule has 0 aromatic heterocycles. The van der Waals surface area contributed by atoms with Crippen molar-refractivity contribution in [1.82, 2.24) is 5.32 Å². The molecule has 1 aliphatic heterocycles. The maximum Gasteiger partial charge on any atom is 0.221 e. The monoisotopic (exact) mass is 409 g/mol. The summed E-state index contributed by atoms with van der Waals surface area (Å²) in [6.45, 7) is 4.47. The molecule has 0 spiro atoms. The second-order valence-corrected chi connectivity index (χ2v) is 8.48. The summed E-state index contributed by atoms with van der Waals surface area (Å²) in [7, 11) is -4.24. The van der Waals surface area contributed by atoms with Crippen LogP contribution in [0.5, 0.6) is 0 Å². The zero-order chi connectivity index (χ0) is 20.3. The molecule has 9 heteroatoms. The fourth-order valence-corrected chi connectivity index (χ4v) is 4.59. The fourth-order valence-electron chi connectivity index (χ4n) is 3.15. The number of nitrogens with one attached hydrogen (secondary N) is 2. The lowest BCUT2D eigenvalue weighted by atomic mass is 10.2. The number of hydrogen-bond acceptors (Lipinski definition) is 5. The van der Waals surface area contributed by atoms with Crippen LogP contribution in [-0.2, 0) is 14.6 Å². The Hall–Kier alpha value is -2.52. The Morgan fingerprint density at radius 3 is 2.46 bits per heavy atom. The van der Waals surface area contributed by atoms with Gasteiger partial charge in [0.15, 0.2) is 0 Å². The fraction of sp³-hybridized carbons (Fsp3) is 0.316. The molecule has 0 radical (unpaired) electrons. The third kappa shape index (κ3) is 4.48. The molecule has 1 amide bonds. The molecule has 3 rings (SSSR count). The summed E-state index contributed by atoms with van der Waals surface area (Å²) < 4.78 is 53.0. The summed E-state index contributed by atoms with van der Waals surface area (Å²) in [6.07, 6.45) is 0.929. The Balaban J connectivity index is 2.07. The number of hydrogen-bond donors (Lipinski definition) is 2. The van der Waals surface area contributed by atoms with Gasteiger partial charge in [0, 0.05) is 38.3 Å². The highest BCUT2D eigenvalue weighted by molar-refractivity contribution is 7.91. The number of carbonyl (C=O) groups excluding carboxylic acids is 1. The Morgan fingerprint density at radius 2 is 1.79 bits per heavy atom. The number of sulfone groups is 1. The molecular formula is C19H21F2N3O3S. The quantitative estimate of drug-likeness (QED) is 0.812.